The van der Waals surface area contributed by atoms with E-state index in [1.54, 1.807) is 25.7 Å². The highest BCUT2D eigenvalue weighted by atomic mass is 15.2. The van der Waals surface area contributed by atoms with Gasteiger partial charge in [0.05, 0.1) is 0 Å². The molecule has 0 bridgehead atoms. The summed E-state index contributed by atoms with van der Waals surface area (Å²) in [5, 5.41) is 0. The summed E-state index contributed by atoms with van der Waals surface area (Å²) in [4.78, 5) is 6.97. The van der Waals surface area contributed by atoms with Crippen molar-refractivity contribution in [3.8, 4) is 0 Å². The third kappa shape index (κ3) is 13.0. The number of unbranched alkanes of at least 4 members (excludes halogenated alkanes) is 10. The van der Waals surface area contributed by atoms with Gasteiger partial charge in [-0.1, -0.05) is 159 Å². The second-order valence-corrected chi connectivity index (χ2v) is 29.7. The van der Waals surface area contributed by atoms with Crippen molar-refractivity contribution >= 4 is 0 Å². The molecular formula is C66H120N2. The molecule has 0 N–H and O–H groups in total. The SMILES string of the molecule is CCCCCCCCC1CCC(N(C2CCC(C)CC2)C2CC(C(C)(C)C)C3CCC4C5C(CCC2C35)C(C(C)(C)C)CC4N(C2CCC(C)CC2)C2CCC(CCCCCCCC)CC2)CC1. The van der Waals surface area contributed by atoms with Crippen LogP contribution in [0.25, 0.3) is 0 Å². The van der Waals surface area contributed by atoms with Crippen LogP contribution < -0.4 is 0 Å². The van der Waals surface area contributed by atoms with Gasteiger partial charge in [0.2, 0.25) is 0 Å². The minimum absolute atomic E-state index is 0.395. The molecular weight excluding hydrogens is 821 g/mol. The van der Waals surface area contributed by atoms with Crippen molar-refractivity contribution in [2.75, 3.05) is 0 Å². The molecule has 8 aliphatic rings. The number of hydrogen-bond donors (Lipinski definition) is 0. The topological polar surface area (TPSA) is 6.48 Å². The van der Waals surface area contributed by atoms with Gasteiger partial charge >= 0.3 is 0 Å². The van der Waals surface area contributed by atoms with Crippen LogP contribution >= 0.6 is 0 Å². The molecule has 2 heteroatoms. The zero-order valence-corrected chi connectivity index (χ0v) is 47.7. The van der Waals surface area contributed by atoms with Gasteiger partial charge in [-0.15, -0.1) is 0 Å². The molecule has 0 aromatic heterocycles. The van der Waals surface area contributed by atoms with E-state index in [0.29, 0.717) is 10.8 Å². The molecule has 0 aromatic carbocycles. The van der Waals surface area contributed by atoms with Crippen molar-refractivity contribution in [3.63, 3.8) is 0 Å². The van der Waals surface area contributed by atoms with Crippen LogP contribution in [0.3, 0.4) is 0 Å². The Hall–Kier alpha value is -0.0800. The molecule has 8 fully saturated rings. The van der Waals surface area contributed by atoms with Gasteiger partial charge in [-0.25, -0.2) is 0 Å². The minimum Gasteiger partial charge on any atom is -0.294 e. The third-order valence-corrected chi connectivity index (χ3v) is 23.3. The summed E-state index contributed by atoms with van der Waals surface area (Å²) in [7, 11) is 0. The highest BCUT2D eigenvalue weighted by Gasteiger charge is 2.64. The van der Waals surface area contributed by atoms with Crippen LogP contribution in [0.15, 0.2) is 0 Å². The predicted octanol–water partition coefficient (Wildman–Crippen LogP) is 19.5. The molecule has 0 heterocycles. The van der Waals surface area contributed by atoms with Crippen LogP contribution in [0, 0.1) is 81.8 Å². The molecule has 10 unspecified atom stereocenters. The zero-order valence-electron chi connectivity index (χ0n) is 47.7. The van der Waals surface area contributed by atoms with Gasteiger partial charge < -0.3 is 0 Å². The highest BCUT2D eigenvalue weighted by molar-refractivity contribution is 5.14. The van der Waals surface area contributed by atoms with E-state index in [0.717, 1.165) is 107 Å². The fourth-order valence-corrected chi connectivity index (χ4v) is 19.7. The molecule has 2 nitrogen and oxygen atoms in total. The van der Waals surface area contributed by atoms with Crippen LogP contribution in [0.1, 0.15) is 300 Å². The monoisotopic (exact) mass is 941 g/mol. The molecule has 0 radical (unpaired) electrons. The molecule has 0 saturated heterocycles. The summed E-state index contributed by atoms with van der Waals surface area (Å²) < 4.78 is 0. The highest BCUT2D eigenvalue weighted by Crippen LogP contribution is 2.67. The van der Waals surface area contributed by atoms with Gasteiger partial charge in [-0.2, -0.15) is 0 Å². The largest absolute Gasteiger partial charge is 0.294 e. The van der Waals surface area contributed by atoms with E-state index in [4.69, 9.17) is 0 Å². The fourth-order valence-electron chi connectivity index (χ4n) is 19.7. The first-order valence-corrected chi connectivity index (χ1v) is 32.3. The Morgan fingerprint density at radius 1 is 0.338 bits per heavy atom. The van der Waals surface area contributed by atoms with Crippen LogP contribution in [0.4, 0.5) is 0 Å². The van der Waals surface area contributed by atoms with E-state index >= 15 is 0 Å². The fraction of sp³-hybridized carbons (Fsp3) is 1.00. The Balaban J connectivity index is 1.07. The van der Waals surface area contributed by atoms with Crippen molar-refractivity contribution in [1.82, 2.24) is 9.80 Å². The maximum absolute atomic E-state index is 3.48. The molecule has 0 amide bonds. The summed E-state index contributed by atoms with van der Waals surface area (Å²) in [6, 6.07) is 5.10. The van der Waals surface area contributed by atoms with Crippen LogP contribution in [0.2, 0.25) is 0 Å². The smallest absolute Gasteiger partial charge is 0.0135 e. The Morgan fingerprint density at radius 3 is 0.956 bits per heavy atom. The van der Waals surface area contributed by atoms with Crippen molar-refractivity contribution < 1.29 is 0 Å². The minimum atomic E-state index is 0.395. The van der Waals surface area contributed by atoms with Crippen molar-refractivity contribution in [2.45, 2.75) is 337 Å². The standard InChI is InChI=1S/C66H120N2/c1-11-13-15-17-19-21-23-49-29-37-53(38-30-49)67(51-33-25-47(3)26-34-51)61-45-59(65(5,6)7)55-42-44-58-62(46-60(66(8,9)10)56-41-43-57(61)63(55)64(56)58)68(52-35-27-48(4)28-36-52)54-39-31-50(32-40-54)24-22-20-18-16-14-12-2/h47-64H,11-46H2,1-10H3. The number of rotatable bonds is 20. The van der Waals surface area contributed by atoms with Crippen molar-refractivity contribution in [2.24, 2.45) is 81.8 Å². The Labute approximate surface area is 426 Å². The Bertz CT molecular complexity index is 1310. The molecule has 0 spiro atoms. The maximum atomic E-state index is 3.48. The van der Waals surface area contributed by atoms with Crippen molar-refractivity contribution in [1.29, 1.82) is 0 Å². The molecule has 68 heavy (non-hydrogen) atoms. The molecule has 394 valence electrons. The average molecular weight is 942 g/mol. The Kier molecular flexibility index (Phi) is 19.9. The first-order chi connectivity index (χ1) is 32.8. The normalized spacial score (nSPS) is 41.5. The van der Waals surface area contributed by atoms with Gasteiger partial charge in [0.25, 0.3) is 0 Å². The van der Waals surface area contributed by atoms with Crippen LogP contribution in [-0.2, 0) is 0 Å². The van der Waals surface area contributed by atoms with Gasteiger partial charge in [0.1, 0.15) is 0 Å². The van der Waals surface area contributed by atoms with Crippen molar-refractivity contribution in [3.05, 3.63) is 0 Å². The van der Waals surface area contributed by atoms with E-state index in [1.807, 2.05) is 0 Å². The second kappa shape index (κ2) is 25.0. The molecule has 8 saturated carbocycles. The molecule has 10 atom stereocenters. The summed E-state index contributed by atoms with van der Waals surface area (Å²) >= 11 is 0. The first-order valence-electron chi connectivity index (χ1n) is 32.3. The maximum Gasteiger partial charge on any atom is 0.0135 e. The Morgan fingerprint density at radius 2 is 0.632 bits per heavy atom. The molecule has 0 aliphatic heterocycles. The summed E-state index contributed by atoms with van der Waals surface area (Å²) in [6.07, 6.45) is 54.0. The lowest BCUT2D eigenvalue weighted by molar-refractivity contribution is -0.196. The predicted molar refractivity (Wildman–Crippen MR) is 296 cm³/mol. The third-order valence-electron chi connectivity index (χ3n) is 23.3. The van der Waals surface area contributed by atoms with Gasteiger partial charge in [-0.05, 0) is 223 Å². The van der Waals surface area contributed by atoms with E-state index in [9.17, 15) is 0 Å². The zero-order chi connectivity index (χ0) is 48.0. The summed E-state index contributed by atoms with van der Waals surface area (Å²) in [6.45, 7) is 26.2. The second-order valence-electron chi connectivity index (χ2n) is 29.7. The van der Waals surface area contributed by atoms with Gasteiger partial charge in [0, 0.05) is 36.3 Å². The lowest BCUT2D eigenvalue weighted by Crippen LogP contribution is -2.68. The lowest BCUT2D eigenvalue weighted by atomic mass is 9.40. The molecule has 8 rings (SSSR count). The number of nitrogens with zero attached hydrogens (tertiary/aromatic N) is 2. The molecule has 8 aliphatic carbocycles. The van der Waals surface area contributed by atoms with Crippen LogP contribution in [-0.4, -0.2) is 46.1 Å². The summed E-state index contributed by atoms with van der Waals surface area (Å²) in [5.74, 6) is 11.4. The average Bonchev–Trinajstić information content (AvgIpc) is 3.32. The molecule has 0 aromatic rings. The van der Waals surface area contributed by atoms with Gasteiger partial charge in [0.15, 0.2) is 0 Å². The lowest BCUT2D eigenvalue weighted by Gasteiger charge is -2.69. The number of hydrogen-bond acceptors (Lipinski definition) is 2. The quantitative estimate of drug-likeness (QED) is 0.112. The van der Waals surface area contributed by atoms with E-state index in [1.165, 1.54) is 205 Å². The van der Waals surface area contributed by atoms with E-state index < -0.39 is 0 Å². The van der Waals surface area contributed by atoms with Gasteiger partial charge in [-0.3, -0.25) is 9.80 Å². The summed E-state index contributed by atoms with van der Waals surface area (Å²) in [5.41, 5.74) is 0.789. The van der Waals surface area contributed by atoms with E-state index in [2.05, 4.69) is 79.0 Å². The first kappa shape index (κ1) is 54.2. The van der Waals surface area contributed by atoms with E-state index in [-0.39, 0.29) is 0 Å². The van der Waals surface area contributed by atoms with Crippen LogP contribution in [0.5, 0.6) is 0 Å².